The molecule has 7 nitrogen and oxygen atoms in total. The molecule has 7 heteroatoms. The third-order valence-electron chi connectivity index (χ3n) is 3.58. The molecule has 18 heavy (non-hydrogen) atoms. The van der Waals surface area contributed by atoms with Crippen molar-refractivity contribution < 1.29 is 4.79 Å². The Labute approximate surface area is 106 Å². The first kappa shape index (κ1) is 13.0. The molecule has 100 valence electrons. The highest BCUT2D eigenvalue weighted by molar-refractivity contribution is 5.91. The monoisotopic (exact) mass is 252 g/mol. The van der Waals surface area contributed by atoms with Gasteiger partial charge in [-0.25, -0.2) is 5.84 Å². The van der Waals surface area contributed by atoms with Crippen molar-refractivity contribution in [2.75, 3.05) is 13.6 Å². The van der Waals surface area contributed by atoms with Gasteiger partial charge in [0, 0.05) is 12.6 Å². The number of nitrogen functional groups attached to an aromatic ring is 1. The summed E-state index contributed by atoms with van der Waals surface area (Å²) in [6, 6.07) is 0.611. The molecule has 1 aromatic heterocycles. The smallest absolute Gasteiger partial charge is 0.287 e. The summed E-state index contributed by atoms with van der Waals surface area (Å²) in [6.45, 7) is 3.87. The zero-order valence-electron chi connectivity index (χ0n) is 10.8. The molecule has 1 aromatic rings. The quantitative estimate of drug-likeness (QED) is 0.409. The average Bonchev–Trinajstić information content (AvgIpc) is 3.13. The molecule has 2 rings (SSSR count). The van der Waals surface area contributed by atoms with E-state index >= 15 is 0 Å². The first-order valence-electron chi connectivity index (χ1n) is 6.23. The fraction of sp³-hybridized carbons (Fsp3) is 0.727. The summed E-state index contributed by atoms with van der Waals surface area (Å²) in [5.74, 6) is 5.47. The van der Waals surface area contributed by atoms with E-state index in [-0.39, 0.29) is 5.69 Å². The summed E-state index contributed by atoms with van der Waals surface area (Å²) in [6.07, 6.45) is 4.29. The molecule has 1 aliphatic carbocycles. The molecule has 0 aromatic carbocycles. The average molecular weight is 252 g/mol. The van der Waals surface area contributed by atoms with Gasteiger partial charge in [0.15, 0.2) is 5.69 Å². The highest BCUT2D eigenvalue weighted by atomic mass is 16.2. The van der Waals surface area contributed by atoms with Crippen LogP contribution in [0.15, 0.2) is 6.20 Å². The zero-order valence-corrected chi connectivity index (χ0v) is 10.8. The van der Waals surface area contributed by atoms with Gasteiger partial charge in [0.25, 0.3) is 5.91 Å². The van der Waals surface area contributed by atoms with Crippen LogP contribution in [0.3, 0.4) is 0 Å². The molecule has 1 fully saturated rings. The first-order valence-corrected chi connectivity index (χ1v) is 6.23. The van der Waals surface area contributed by atoms with Gasteiger partial charge in [-0.15, -0.1) is 5.10 Å². The molecule has 3 N–H and O–H groups in total. The number of aromatic nitrogens is 3. The van der Waals surface area contributed by atoms with Gasteiger partial charge >= 0.3 is 0 Å². The highest BCUT2D eigenvalue weighted by Gasteiger charge is 2.30. The minimum atomic E-state index is -0.416. The normalized spacial score (nSPS) is 16.9. The van der Waals surface area contributed by atoms with Gasteiger partial charge in [-0.2, -0.15) is 0 Å². The van der Waals surface area contributed by atoms with E-state index in [4.69, 9.17) is 5.84 Å². The zero-order chi connectivity index (χ0) is 13.1. The topological polar surface area (TPSA) is 89.1 Å². The Morgan fingerprint density at radius 3 is 3.06 bits per heavy atom. The molecule has 1 unspecified atom stereocenters. The first-order chi connectivity index (χ1) is 8.61. The molecule has 0 saturated heterocycles. The fourth-order valence-electron chi connectivity index (χ4n) is 1.99. The van der Waals surface area contributed by atoms with Crippen LogP contribution in [0.25, 0.3) is 0 Å². The van der Waals surface area contributed by atoms with Crippen molar-refractivity contribution in [3.05, 3.63) is 11.9 Å². The molecule has 1 heterocycles. The molecule has 0 spiro atoms. The van der Waals surface area contributed by atoms with E-state index in [1.54, 1.807) is 10.9 Å². The second-order valence-electron chi connectivity index (χ2n) is 4.90. The van der Waals surface area contributed by atoms with Crippen LogP contribution in [0.5, 0.6) is 0 Å². The van der Waals surface area contributed by atoms with Gasteiger partial charge in [0.05, 0.1) is 12.7 Å². The van der Waals surface area contributed by atoms with E-state index in [9.17, 15) is 4.79 Å². The number of hydrazine groups is 1. The predicted molar refractivity (Wildman–Crippen MR) is 66.5 cm³/mol. The van der Waals surface area contributed by atoms with Crippen molar-refractivity contribution in [1.29, 1.82) is 0 Å². The van der Waals surface area contributed by atoms with Crippen LogP contribution in [0.4, 0.5) is 0 Å². The van der Waals surface area contributed by atoms with Gasteiger partial charge in [0.2, 0.25) is 0 Å². The Hall–Kier alpha value is -1.47. The number of hydrogen-bond donors (Lipinski definition) is 2. The summed E-state index contributed by atoms with van der Waals surface area (Å²) >= 11 is 0. The standard InChI is InChI=1S/C11H20N6O/c1-8(9-3-4-9)16(2)5-6-17-7-10(14-15-17)11(18)13-12/h7-9H,3-6,12H2,1-2H3,(H,13,18). The number of amides is 1. The number of hydrogen-bond acceptors (Lipinski definition) is 5. The van der Waals surface area contributed by atoms with E-state index in [1.807, 2.05) is 5.43 Å². The molecule has 0 radical (unpaired) electrons. The van der Waals surface area contributed by atoms with Crippen LogP contribution in [-0.4, -0.2) is 45.4 Å². The van der Waals surface area contributed by atoms with Crippen LogP contribution in [0.2, 0.25) is 0 Å². The summed E-state index contributed by atoms with van der Waals surface area (Å²) in [5.41, 5.74) is 2.28. The number of carbonyl (C=O) groups is 1. The van der Waals surface area contributed by atoms with Gasteiger partial charge < -0.3 is 4.90 Å². The van der Waals surface area contributed by atoms with Crippen LogP contribution < -0.4 is 11.3 Å². The third kappa shape index (κ3) is 3.05. The van der Waals surface area contributed by atoms with E-state index in [1.165, 1.54) is 12.8 Å². The number of likely N-dealkylation sites (N-methyl/N-ethyl adjacent to an activating group) is 1. The molecule has 1 aliphatic rings. The maximum Gasteiger partial charge on any atom is 0.287 e. The van der Waals surface area contributed by atoms with Gasteiger partial charge in [0.1, 0.15) is 0 Å². The lowest BCUT2D eigenvalue weighted by Gasteiger charge is -2.24. The minimum absolute atomic E-state index is 0.246. The largest absolute Gasteiger partial charge is 0.302 e. The van der Waals surface area contributed by atoms with Crippen LogP contribution in [0.1, 0.15) is 30.3 Å². The maximum absolute atomic E-state index is 11.2. The molecule has 1 saturated carbocycles. The van der Waals surface area contributed by atoms with Crippen LogP contribution in [-0.2, 0) is 6.54 Å². The molecule has 1 atom stereocenters. The summed E-state index contributed by atoms with van der Waals surface area (Å²) < 4.78 is 1.67. The van der Waals surface area contributed by atoms with E-state index in [2.05, 4.69) is 29.2 Å². The molecule has 1 amide bonds. The number of rotatable bonds is 6. The summed E-state index contributed by atoms with van der Waals surface area (Å²) in [5, 5.41) is 7.66. The molecular weight excluding hydrogens is 232 g/mol. The Bertz CT molecular complexity index is 413. The Morgan fingerprint density at radius 2 is 2.44 bits per heavy atom. The van der Waals surface area contributed by atoms with Crippen molar-refractivity contribution in [3.8, 4) is 0 Å². The van der Waals surface area contributed by atoms with Crippen molar-refractivity contribution in [3.63, 3.8) is 0 Å². The lowest BCUT2D eigenvalue weighted by Crippen LogP contribution is -2.33. The van der Waals surface area contributed by atoms with E-state index in [0.717, 1.165) is 19.0 Å². The molecule has 0 aliphatic heterocycles. The van der Waals surface area contributed by atoms with Gasteiger partial charge in [-0.3, -0.25) is 14.9 Å². The van der Waals surface area contributed by atoms with Crippen LogP contribution in [0, 0.1) is 5.92 Å². The van der Waals surface area contributed by atoms with Crippen molar-refractivity contribution in [2.24, 2.45) is 11.8 Å². The molecule has 0 bridgehead atoms. The van der Waals surface area contributed by atoms with E-state index < -0.39 is 5.91 Å². The fourth-order valence-corrected chi connectivity index (χ4v) is 1.99. The third-order valence-corrected chi connectivity index (χ3v) is 3.58. The van der Waals surface area contributed by atoms with Gasteiger partial charge in [-0.1, -0.05) is 5.21 Å². The van der Waals surface area contributed by atoms with Crippen LogP contribution >= 0.6 is 0 Å². The van der Waals surface area contributed by atoms with Crippen molar-refractivity contribution >= 4 is 5.91 Å². The molecular formula is C11H20N6O. The second-order valence-corrected chi connectivity index (χ2v) is 4.90. The highest BCUT2D eigenvalue weighted by Crippen LogP contribution is 2.34. The predicted octanol–water partition coefficient (Wildman–Crippen LogP) is -0.388. The van der Waals surface area contributed by atoms with Gasteiger partial charge in [-0.05, 0) is 32.7 Å². The Kier molecular flexibility index (Phi) is 3.93. The lowest BCUT2D eigenvalue weighted by molar-refractivity contribution is 0.0948. The lowest BCUT2D eigenvalue weighted by atomic mass is 10.2. The number of nitrogens with zero attached hydrogens (tertiary/aromatic N) is 4. The second kappa shape index (κ2) is 5.45. The van der Waals surface area contributed by atoms with Crippen molar-refractivity contribution in [2.45, 2.75) is 32.4 Å². The Morgan fingerprint density at radius 1 is 1.72 bits per heavy atom. The Balaban J connectivity index is 1.82. The SMILES string of the molecule is CC(C1CC1)N(C)CCn1cc(C(=O)NN)nn1. The minimum Gasteiger partial charge on any atom is -0.302 e. The van der Waals surface area contributed by atoms with Crippen molar-refractivity contribution in [1.82, 2.24) is 25.3 Å². The number of nitrogens with one attached hydrogen (secondary N) is 1. The number of carbonyl (C=O) groups excluding carboxylic acids is 1. The summed E-state index contributed by atoms with van der Waals surface area (Å²) in [7, 11) is 2.12. The maximum atomic E-state index is 11.2. The summed E-state index contributed by atoms with van der Waals surface area (Å²) in [4.78, 5) is 13.5. The number of nitrogens with two attached hydrogens (primary N) is 1. The van der Waals surface area contributed by atoms with E-state index in [0.29, 0.717) is 6.04 Å².